The molecule has 0 aliphatic carbocycles. The maximum atomic E-state index is 12.6. The van der Waals surface area contributed by atoms with E-state index in [1.165, 1.54) is 0 Å². The lowest BCUT2D eigenvalue weighted by Gasteiger charge is -2.10. The largest absolute Gasteiger partial charge is 1.00 e. The van der Waals surface area contributed by atoms with Gasteiger partial charge < -0.3 is 28.7 Å². The van der Waals surface area contributed by atoms with Gasteiger partial charge in [-0.3, -0.25) is 4.79 Å². The number of aromatic nitrogens is 1. The third kappa shape index (κ3) is 6.23. The lowest BCUT2D eigenvalue weighted by atomic mass is 10.1. The van der Waals surface area contributed by atoms with Gasteiger partial charge in [-0.25, -0.2) is 0 Å². The molecule has 0 saturated heterocycles. The first-order valence-corrected chi connectivity index (χ1v) is 9.54. The first-order chi connectivity index (χ1) is 12.7. The second-order valence-electron chi connectivity index (χ2n) is 5.74. The third-order valence-corrected chi connectivity index (χ3v) is 5.23. The molecular weight excluding hydrogens is 493 g/mol. The number of benzene rings is 2. The predicted octanol–water partition coefficient (Wildman–Crippen LogP) is 1.82. The summed E-state index contributed by atoms with van der Waals surface area (Å²) in [4.78, 5) is 13.7. The van der Waals surface area contributed by atoms with E-state index in [0.29, 0.717) is 17.9 Å². The van der Waals surface area contributed by atoms with Crippen LogP contribution in [-0.2, 0) is 12.3 Å². The van der Waals surface area contributed by atoms with E-state index in [0.717, 1.165) is 21.2 Å². The Hall–Kier alpha value is -1.57. The Labute approximate surface area is 185 Å². The van der Waals surface area contributed by atoms with Crippen LogP contribution >= 0.6 is 23.4 Å². The van der Waals surface area contributed by atoms with Crippen LogP contribution in [0.2, 0.25) is 5.02 Å². The van der Waals surface area contributed by atoms with Crippen molar-refractivity contribution in [2.45, 2.75) is 17.2 Å². The van der Waals surface area contributed by atoms with Crippen molar-refractivity contribution < 1.29 is 38.1 Å². The summed E-state index contributed by atoms with van der Waals surface area (Å²) in [6.45, 7) is 0.316. The van der Waals surface area contributed by atoms with Gasteiger partial charge in [0.2, 0.25) is 12.3 Å². The summed E-state index contributed by atoms with van der Waals surface area (Å²) >= 11 is 7.61. The van der Waals surface area contributed by atoms with Gasteiger partial charge in [0.05, 0.1) is 7.11 Å². The molecule has 27 heavy (non-hydrogen) atoms. The molecule has 1 aromatic heterocycles. The highest BCUT2D eigenvalue weighted by molar-refractivity contribution is 7.98. The van der Waals surface area contributed by atoms with Crippen molar-refractivity contribution in [2.75, 3.05) is 7.11 Å². The Morgan fingerprint density at radius 2 is 1.78 bits per heavy atom. The van der Waals surface area contributed by atoms with Crippen molar-refractivity contribution in [3.05, 3.63) is 89.2 Å². The van der Waals surface area contributed by atoms with Crippen molar-refractivity contribution in [1.82, 2.24) is 0 Å². The minimum atomic E-state index is 0. The first kappa shape index (κ1) is 21.7. The SMILES string of the molecule is COc1ccc(C(=O)C[n+]2ccccc2)cc1CSc1ccc(Cl)cc1.[I-]. The van der Waals surface area contributed by atoms with Crippen molar-refractivity contribution in [3.8, 4) is 5.75 Å². The van der Waals surface area contributed by atoms with E-state index in [4.69, 9.17) is 16.3 Å². The minimum absolute atomic E-state index is 0. The molecule has 3 rings (SSSR count). The van der Waals surface area contributed by atoms with Crippen LogP contribution in [0.3, 0.4) is 0 Å². The summed E-state index contributed by atoms with van der Waals surface area (Å²) in [7, 11) is 1.65. The Bertz CT molecular complexity index is 888. The number of rotatable bonds is 7. The zero-order chi connectivity index (χ0) is 18.4. The van der Waals surface area contributed by atoms with Gasteiger partial charge in [0.25, 0.3) is 0 Å². The number of Topliss-reactive ketones (excluding diaryl/α,β-unsaturated/α-hetero) is 1. The van der Waals surface area contributed by atoms with Crippen LogP contribution in [0.15, 0.2) is 78.0 Å². The van der Waals surface area contributed by atoms with Gasteiger partial charge in [0, 0.05) is 38.9 Å². The quantitative estimate of drug-likeness (QED) is 0.210. The Balaban J connectivity index is 0.00000261. The van der Waals surface area contributed by atoms with Crippen LogP contribution in [0.5, 0.6) is 5.75 Å². The van der Waals surface area contributed by atoms with Gasteiger partial charge >= 0.3 is 0 Å². The molecule has 6 heteroatoms. The Morgan fingerprint density at radius 3 is 2.44 bits per heavy atom. The number of methoxy groups -OCH3 is 1. The number of ether oxygens (including phenoxy) is 1. The maximum Gasteiger partial charge on any atom is 0.227 e. The van der Waals surface area contributed by atoms with E-state index in [-0.39, 0.29) is 29.8 Å². The minimum Gasteiger partial charge on any atom is -1.00 e. The van der Waals surface area contributed by atoms with Gasteiger partial charge in [0.15, 0.2) is 12.4 Å². The fraction of sp³-hybridized carbons (Fsp3) is 0.143. The molecule has 2 aromatic carbocycles. The summed E-state index contributed by atoms with van der Waals surface area (Å²) in [6.07, 6.45) is 3.78. The second-order valence-corrected chi connectivity index (χ2v) is 7.23. The fourth-order valence-electron chi connectivity index (χ4n) is 2.55. The van der Waals surface area contributed by atoms with E-state index in [1.807, 2.05) is 77.6 Å². The smallest absolute Gasteiger partial charge is 0.227 e. The normalized spacial score (nSPS) is 10.1. The number of thioether (sulfide) groups is 1. The van der Waals surface area contributed by atoms with E-state index < -0.39 is 0 Å². The molecule has 0 atom stereocenters. The Morgan fingerprint density at radius 1 is 1.07 bits per heavy atom. The maximum absolute atomic E-state index is 12.6. The summed E-state index contributed by atoms with van der Waals surface area (Å²) in [5.74, 6) is 1.57. The third-order valence-electron chi connectivity index (χ3n) is 3.91. The van der Waals surface area contributed by atoms with Crippen LogP contribution < -0.4 is 33.3 Å². The molecule has 0 bridgehead atoms. The fourth-order valence-corrected chi connectivity index (χ4v) is 3.56. The number of nitrogens with zero attached hydrogens (tertiary/aromatic N) is 1. The number of halogens is 2. The molecule has 0 N–H and O–H groups in total. The molecule has 0 unspecified atom stereocenters. The molecule has 0 saturated carbocycles. The number of ketones is 1. The monoisotopic (exact) mass is 511 g/mol. The zero-order valence-corrected chi connectivity index (χ0v) is 18.5. The first-order valence-electron chi connectivity index (χ1n) is 8.18. The Kier molecular flexibility index (Phi) is 8.60. The van der Waals surface area contributed by atoms with E-state index in [1.54, 1.807) is 18.9 Å². The van der Waals surface area contributed by atoms with Gasteiger partial charge in [0.1, 0.15) is 5.75 Å². The molecule has 3 aromatic rings. The number of pyridine rings is 1. The van der Waals surface area contributed by atoms with Crippen LogP contribution in [0, 0.1) is 0 Å². The molecule has 0 aliphatic rings. The molecule has 0 spiro atoms. The molecule has 3 nitrogen and oxygen atoms in total. The summed E-state index contributed by atoms with van der Waals surface area (Å²) in [5, 5.41) is 0.720. The molecule has 140 valence electrons. The summed E-state index contributed by atoms with van der Waals surface area (Å²) < 4.78 is 7.32. The van der Waals surface area contributed by atoms with Crippen LogP contribution in [0.4, 0.5) is 0 Å². The van der Waals surface area contributed by atoms with E-state index >= 15 is 0 Å². The lowest BCUT2D eigenvalue weighted by molar-refractivity contribution is -0.683. The number of carbonyl (C=O) groups excluding carboxylic acids is 1. The predicted molar refractivity (Wildman–Crippen MR) is 105 cm³/mol. The topological polar surface area (TPSA) is 30.2 Å². The molecule has 0 amide bonds. The summed E-state index contributed by atoms with van der Waals surface area (Å²) in [6, 6.07) is 19.1. The van der Waals surface area contributed by atoms with Crippen LogP contribution in [0.1, 0.15) is 15.9 Å². The average molecular weight is 512 g/mol. The van der Waals surface area contributed by atoms with Gasteiger partial charge in [-0.15, -0.1) is 11.8 Å². The standard InChI is InChI=1S/C21H19ClNO2S.HI/c1-25-21-10-5-16(20(24)14-23-11-3-2-4-12-23)13-17(21)15-26-19-8-6-18(22)7-9-19;/h2-13H,14-15H2,1H3;1H/q+1;/p-1. The second kappa shape index (κ2) is 10.7. The highest BCUT2D eigenvalue weighted by Gasteiger charge is 2.14. The van der Waals surface area contributed by atoms with Crippen LogP contribution in [-0.4, -0.2) is 12.9 Å². The van der Waals surface area contributed by atoms with Gasteiger partial charge in [-0.1, -0.05) is 17.7 Å². The number of carbonyl (C=O) groups is 1. The van der Waals surface area contributed by atoms with E-state index in [9.17, 15) is 4.79 Å². The zero-order valence-electron chi connectivity index (χ0n) is 14.8. The van der Waals surface area contributed by atoms with Crippen molar-refractivity contribution in [3.63, 3.8) is 0 Å². The van der Waals surface area contributed by atoms with Crippen molar-refractivity contribution in [2.24, 2.45) is 0 Å². The highest BCUT2D eigenvalue weighted by atomic mass is 127. The molecule has 0 radical (unpaired) electrons. The molecule has 1 heterocycles. The number of hydrogen-bond acceptors (Lipinski definition) is 3. The molecular formula is C21H19ClINO2S. The van der Waals surface area contributed by atoms with E-state index in [2.05, 4.69) is 0 Å². The van der Waals surface area contributed by atoms with Crippen molar-refractivity contribution >= 4 is 29.1 Å². The van der Waals surface area contributed by atoms with Crippen LogP contribution in [0.25, 0.3) is 0 Å². The average Bonchev–Trinajstić information content (AvgIpc) is 2.68. The van der Waals surface area contributed by atoms with Crippen molar-refractivity contribution in [1.29, 1.82) is 0 Å². The van der Waals surface area contributed by atoms with Gasteiger partial charge in [-0.2, -0.15) is 4.57 Å². The summed E-state index contributed by atoms with van der Waals surface area (Å²) in [5.41, 5.74) is 1.69. The molecule has 0 fully saturated rings. The lowest BCUT2D eigenvalue weighted by Crippen LogP contribution is -3.00. The van der Waals surface area contributed by atoms with Gasteiger partial charge in [-0.05, 0) is 42.5 Å². The molecule has 0 aliphatic heterocycles. The number of hydrogen-bond donors (Lipinski definition) is 0. The highest BCUT2D eigenvalue weighted by Crippen LogP contribution is 2.29.